The van der Waals surface area contributed by atoms with Gasteiger partial charge in [-0.1, -0.05) is 16.8 Å². The molecule has 0 atom stereocenters. The summed E-state index contributed by atoms with van der Waals surface area (Å²) in [5.41, 5.74) is 0.802. The quantitative estimate of drug-likeness (QED) is 0.728. The first-order valence-corrected chi connectivity index (χ1v) is 6.55. The molecule has 0 spiro atoms. The van der Waals surface area contributed by atoms with Gasteiger partial charge in [0.2, 0.25) is 5.82 Å². The normalized spacial score (nSPS) is 10.6. The first-order valence-electron chi connectivity index (χ1n) is 6.17. The minimum atomic E-state index is -0.315. The highest BCUT2D eigenvalue weighted by Gasteiger charge is 2.09. The van der Waals surface area contributed by atoms with Gasteiger partial charge in [0.05, 0.1) is 0 Å². The monoisotopic (exact) mass is 304 g/mol. The molecule has 0 radical (unpaired) electrons. The van der Waals surface area contributed by atoms with Crippen LogP contribution in [0.2, 0.25) is 5.02 Å². The van der Waals surface area contributed by atoms with E-state index >= 15 is 0 Å². The van der Waals surface area contributed by atoms with Crippen molar-refractivity contribution in [2.75, 3.05) is 0 Å². The molecule has 0 bridgehead atoms. The molecular weight excluding hydrogens is 295 g/mol. The Balaban J connectivity index is 1.67. The van der Waals surface area contributed by atoms with Crippen molar-refractivity contribution in [3.8, 4) is 17.1 Å². The summed E-state index contributed by atoms with van der Waals surface area (Å²) in [4.78, 5) is 4.22. The van der Waals surface area contributed by atoms with Gasteiger partial charge < -0.3 is 9.26 Å². The molecule has 106 valence electrons. The average Bonchev–Trinajstić information content (AvgIpc) is 2.96. The maximum Gasteiger partial charge on any atom is 0.264 e. The lowest BCUT2D eigenvalue weighted by Crippen LogP contribution is -1.95. The molecule has 0 saturated carbocycles. The Hall–Kier alpha value is -2.40. The van der Waals surface area contributed by atoms with Crippen LogP contribution in [0.15, 0.2) is 53.1 Å². The van der Waals surface area contributed by atoms with E-state index in [-0.39, 0.29) is 12.4 Å². The van der Waals surface area contributed by atoms with Gasteiger partial charge in [-0.25, -0.2) is 4.39 Å². The third-order valence-electron chi connectivity index (χ3n) is 2.75. The maximum absolute atomic E-state index is 12.8. The van der Waals surface area contributed by atoms with Crippen LogP contribution in [0.5, 0.6) is 5.75 Å². The van der Waals surface area contributed by atoms with Crippen LogP contribution in [0.4, 0.5) is 4.39 Å². The molecule has 4 nitrogen and oxygen atoms in total. The number of aromatic nitrogens is 2. The van der Waals surface area contributed by atoms with Gasteiger partial charge in [-0.05, 0) is 48.5 Å². The molecule has 3 aromatic rings. The summed E-state index contributed by atoms with van der Waals surface area (Å²) < 4.78 is 23.3. The highest BCUT2D eigenvalue weighted by Crippen LogP contribution is 2.19. The first kappa shape index (κ1) is 13.6. The van der Waals surface area contributed by atoms with Crippen LogP contribution in [0.25, 0.3) is 11.4 Å². The topological polar surface area (TPSA) is 48.2 Å². The van der Waals surface area contributed by atoms with Crippen LogP contribution in [0.1, 0.15) is 5.89 Å². The Bertz CT molecular complexity index is 726. The van der Waals surface area contributed by atoms with E-state index in [1.165, 1.54) is 24.3 Å². The molecule has 3 rings (SSSR count). The van der Waals surface area contributed by atoms with Crippen LogP contribution < -0.4 is 4.74 Å². The Morgan fingerprint density at radius 2 is 1.76 bits per heavy atom. The number of hydrogen-bond donors (Lipinski definition) is 0. The third-order valence-corrected chi connectivity index (χ3v) is 3.00. The molecule has 21 heavy (non-hydrogen) atoms. The first-order chi connectivity index (χ1) is 10.2. The van der Waals surface area contributed by atoms with Crippen LogP contribution in [-0.4, -0.2) is 10.1 Å². The summed E-state index contributed by atoms with van der Waals surface area (Å²) in [5.74, 6) is 1.02. The molecule has 0 fully saturated rings. The Morgan fingerprint density at radius 3 is 2.48 bits per heavy atom. The molecule has 1 aromatic heterocycles. The number of ether oxygens (including phenoxy) is 1. The van der Waals surface area contributed by atoms with Crippen molar-refractivity contribution in [3.05, 3.63) is 65.3 Å². The second-order valence-corrected chi connectivity index (χ2v) is 4.70. The molecule has 2 aromatic carbocycles. The van der Waals surface area contributed by atoms with Gasteiger partial charge in [0.25, 0.3) is 5.89 Å². The zero-order chi connectivity index (χ0) is 14.7. The van der Waals surface area contributed by atoms with E-state index in [2.05, 4.69) is 10.1 Å². The molecule has 0 aliphatic rings. The van der Waals surface area contributed by atoms with Gasteiger partial charge in [-0.3, -0.25) is 0 Å². The Labute approximate surface area is 125 Å². The number of benzene rings is 2. The molecule has 0 saturated heterocycles. The molecule has 0 amide bonds. The van der Waals surface area contributed by atoms with E-state index in [0.717, 1.165) is 5.56 Å². The number of nitrogens with zero attached hydrogens (tertiary/aromatic N) is 2. The van der Waals surface area contributed by atoms with Gasteiger partial charge in [0, 0.05) is 10.6 Å². The summed E-state index contributed by atoms with van der Waals surface area (Å²) in [7, 11) is 0. The molecule has 0 unspecified atom stereocenters. The Morgan fingerprint density at radius 1 is 1.05 bits per heavy atom. The van der Waals surface area contributed by atoms with E-state index in [4.69, 9.17) is 20.9 Å². The van der Waals surface area contributed by atoms with Crippen molar-refractivity contribution in [3.63, 3.8) is 0 Å². The second-order valence-electron chi connectivity index (χ2n) is 4.26. The molecule has 0 aliphatic carbocycles. The maximum atomic E-state index is 12.8. The predicted octanol–water partition coefficient (Wildman–Crippen LogP) is 4.11. The van der Waals surface area contributed by atoms with E-state index < -0.39 is 0 Å². The summed E-state index contributed by atoms with van der Waals surface area (Å²) >= 11 is 5.82. The largest absolute Gasteiger partial charge is 0.484 e. The zero-order valence-electron chi connectivity index (χ0n) is 10.8. The minimum absolute atomic E-state index is 0.117. The lowest BCUT2D eigenvalue weighted by molar-refractivity contribution is 0.242. The van der Waals surface area contributed by atoms with E-state index in [1.807, 2.05) is 0 Å². The van der Waals surface area contributed by atoms with Crippen LogP contribution in [-0.2, 0) is 6.61 Å². The zero-order valence-corrected chi connectivity index (χ0v) is 11.5. The number of hydrogen-bond acceptors (Lipinski definition) is 4. The smallest absolute Gasteiger partial charge is 0.264 e. The summed E-state index contributed by atoms with van der Waals surface area (Å²) in [6.07, 6.45) is 0. The molecular formula is C15H10ClFN2O2. The van der Waals surface area contributed by atoms with Gasteiger partial charge in [-0.15, -0.1) is 0 Å². The lowest BCUT2D eigenvalue weighted by Gasteiger charge is -2.01. The Kier molecular flexibility index (Phi) is 3.83. The predicted molar refractivity (Wildman–Crippen MR) is 75.5 cm³/mol. The van der Waals surface area contributed by atoms with Crippen molar-refractivity contribution >= 4 is 11.6 Å². The average molecular weight is 305 g/mol. The fraction of sp³-hybridized carbons (Fsp3) is 0.0667. The summed E-state index contributed by atoms with van der Waals surface area (Å²) in [5, 5.41) is 4.51. The van der Waals surface area contributed by atoms with E-state index in [0.29, 0.717) is 22.5 Å². The molecule has 0 aliphatic heterocycles. The van der Waals surface area contributed by atoms with Crippen molar-refractivity contribution in [2.45, 2.75) is 6.61 Å². The van der Waals surface area contributed by atoms with E-state index in [1.54, 1.807) is 24.3 Å². The van der Waals surface area contributed by atoms with Crippen LogP contribution >= 0.6 is 11.6 Å². The molecule has 1 heterocycles. The highest BCUT2D eigenvalue weighted by atomic mass is 35.5. The van der Waals surface area contributed by atoms with Crippen molar-refractivity contribution in [1.29, 1.82) is 0 Å². The van der Waals surface area contributed by atoms with Crippen molar-refractivity contribution in [2.24, 2.45) is 0 Å². The SMILES string of the molecule is Fc1ccc(OCc2nc(-c3ccc(Cl)cc3)no2)cc1. The van der Waals surface area contributed by atoms with Crippen LogP contribution in [0.3, 0.4) is 0 Å². The fourth-order valence-corrected chi connectivity index (χ4v) is 1.83. The lowest BCUT2D eigenvalue weighted by atomic mass is 10.2. The van der Waals surface area contributed by atoms with Gasteiger partial charge in [-0.2, -0.15) is 4.98 Å². The van der Waals surface area contributed by atoms with Crippen molar-refractivity contribution in [1.82, 2.24) is 10.1 Å². The highest BCUT2D eigenvalue weighted by molar-refractivity contribution is 6.30. The number of halogens is 2. The third kappa shape index (κ3) is 3.38. The van der Waals surface area contributed by atoms with Crippen LogP contribution in [0, 0.1) is 5.82 Å². The summed E-state index contributed by atoms with van der Waals surface area (Å²) in [6.45, 7) is 0.117. The summed E-state index contributed by atoms with van der Waals surface area (Å²) in [6, 6.07) is 12.8. The van der Waals surface area contributed by atoms with Gasteiger partial charge in [0.1, 0.15) is 11.6 Å². The minimum Gasteiger partial charge on any atom is -0.484 e. The van der Waals surface area contributed by atoms with Gasteiger partial charge >= 0.3 is 0 Å². The second kappa shape index (κ2) is 5.93. The standard InChI is InChI=1S/C15H10ClFN2O2/c16-11-3-1-10(2-4-11)15-18-14(21-19-15)9-20-13-7-5-12(17)6-8-13/h1-8H,9H2. The van der Waals surface area contributed by atoms with Gasteiger partial charge in [0.15, 0.2) is 6.61 Å². The van der Waals surface area contributed by atoms with E-state index in [9.17, 15) is 4.39 Å². The molecule has 0 N–H and O–H groups in total. The fourth-order valence-electron chi connectivity index (χ4n) is 1.71. The number of rotatable bonds is 4. The van der Waals surface area contributed by atoms with Crippen molar-refractivity contribution < 1.29 is 13.7 Å². The molecule has 6 heteroatoms.